The van der Waals surface area contributed by atoms with Gasteiger partial charge in [-0.3, -0.25) is 4.79 Å². The lowest BCUT2D eigenvalue weighted by Gasteiger charge is -2.07. The average Bonchev–Trinajstić information content (AvgIpc) is 2.88. The van der Waals surface area contributed by atoms with Gasteiger partial charge < -0.3 is 15.0 Å². The number of hydrogen-bond acceptors (Lipinski definition) is 3. The third kappa shape index (κ3) is 4.72. The van der Waals surface area contributed by atoms with Crippen LogP contribution in [0.5, 0.6) is 0 Å². The molecule has 2 N–H and O–H groups in total. The first-order chi connectivity index (χ1) is 12.0. The summed E-state index contributed by atoms with van der Waals surface area (Å²) >= 11 is 0. The highest BCUT2D eigenvalue weighted by atomic mass is 16.5. The summed E-state index contributed by atoms with van der Waals surface area (Å²) in [4.78, 5) is 27.2. The maximum absolute atomic E-state index is 12.2. The fourth-order valence-electron chi connectivity index (χ4n) is 2.86. The van der Waals surface area contributed by atoms with Gasteiger partial charge in [0.1, 0.15) is 5.69 Å². The quantitative estimate of drug-likeness (QED) is 0.749. The van der Waals surface area contributed by atoms with Crippen LogP contribution < -0.4 is 5.32 Å². The minimum atomic E-state index is -0.352. The Bertz CT molecular complexity index is 745. The van der Waals surface area contributed by atoms with E-state index in [9.17, 15) is 9.59 Å². The summed E-state index contributed by atoms with van der Waals surface area (Å²) in [5.41, 5.74) is 5.28. The maximum atomic E-state index is 12.2. The number of benzene rings is 1. The summed E-state index contributed by atoms with van der Waals surface area (Å²) in [7, 11) is 0. The van der Waals surface area contributed by atoms with Gasteiger partial charge in [0, 0.05) is 17.8 Å². The van der Waals surface area contributed by atoms with Crippen molar-refractivity contribution in [3.05, 3.63) is 52.3 Å². The number of hydrogen-bond donors (Lipinski definition) is 2. The van der Waals surface area contributed by atoms with Crippen molar-refractivity contribution in [2.45, 2.75) is 47.0 Å². The van der Waals surface area contributed by atoms with Gasteiger partial charge in [0.25, 0.3) is 0 Å². The topological polar surface area (TPSA) is 71.2 Å². The summed E-state index contributed by atoms with van der Waals surface area (Å²) in [6, 6.07) is 7.87. The SMILES string of the molecule is CCOC(=O)c1[nH]c(C)c(CCC(=O)Nc2ccc(CC)cc2)c1C. The molecule has 0 spiro atoms. The minimum absolute atomic E-state index is 0.0399. The highest BCUT2D eigenvalue weighted by molar-refractivity contribution is 5.91. The van der Waals surface area contributed by atoms with Crippen molar-refractivity contribution in [3.63, 3.8) is 0 Å². The summed E-state index contributed by atoms with van der Waals surface area (Å²) < 4.78 is 5.05. The number of aromatic amines is 1. The van der Waals surface area contributed by atoms with E-state index in [2.05, 4.69) is 17.2 Å². The Morgan fingerprint density at radius 1 is 1.12 bits per heavy atom. The molecule has 2 rings (SSSR count). The molecular formula is C20H26N2O3. The van der Waals surface area contributed by atoms with Crippen LogP contribution in [-0.4, -0.2) is 23.5 Å². The lowest BCUT2D eigenvalue weighted by atomic mass is 10.0. The van der Waals surface area contributed by atoms with Crippen molar-refractivity contribution in [1.29, 1.82) is 0 Å². The number of H-pyrrole nitrogens is 1. The molecule has 0 atom stereocenters. The molecule has 2 aromatic rings. The highest BCUT2D eigenvalue weighted by Crippen LogP contribution is 2.21. The third-order valence-electron chi connectivity index (χ3n) is 4.32. The van der Waals surface area contributed by atoms with Crippen LogP contribution in [-0.2, 0) is 22.4 Å². The number of aromatic nitrogens is 1. The summed E-state index contributed by atoms with van der Waals surface area (Å²) in [5.74, 6) is -0.392. The molecule has 5 heteroatoms. The fourth-order valence-corrected chi connectivity index (χ4v) is 2.86. The number of aryl methyl sites for hydroxylation is 2. The first kappa shape index (κ1) is 18.8. The van der Waals surface area contributed by atoms with Crippen LogP contribution in [0, 0.1) is 13.8 Å². The monoisotopic (exact) mass is 342 g/mol. The zero-order valence-electron chi connectivity index (χ0n) is 15.4. The second kappa shape index (κ2) is 8.51. The molecule has 25 heavy (non-hydrogen) atoms. The van der Waals surface area contributed by atoms with Crippen molar-refractivity contribution in [3.8, 4) is 0 Å². The van der Waals surface area contributed by atoms with Gasteiger partial charge in [0.2, 0.25) is 5.91 Å². The van der Waals surface area contributed by atoms with E-state index in [1.807, 2.05) is 38.1 Å². The molecule has 0 fully saturated rings. The molecule has 0 radical (unpaired) electrons. The van der Waals surface area contributed by atoms with Crippen LogP contribution in [0.1, 0.15) is 53.1 Å². The fraction of sp³-hybridized carbons (Fsp3) is 0.400. The van der Waals surface area contributed by atoms with Gasteiger partial charge in [-0.05, 0) is 62.4 Å². The first-order valence-corrected chi connectivity index (χ1v) is 8.70. The van der Waals surface area contributed by atoms with Crippen LogP contribution >= 0.6 is 0 Å². The number of anilines is 1. The zero-order valence-corrected chi connectivity index (χ0v) is 15.4. The van der Waals surface area contributed by atoms with Gasteiger partial charge in [-0.15, -0.1) is 0 Å². The van der Waals surface area contributed by atoms with Crippen LogP contribution in [0.2, 0.25) is 0 Å². The number of amides is 1. The number of carbonyl (C=O) groups is 2. The standard InChI is InChI=1S/C20H26N2O3/c1-5-15-7-9-16(10-8-15)22-18(23)12-11-17-13(3)19(21-14(17)4)20(24)25-6-2/h7-10,21H,5-6,11-12H2,1-4H3,(H,22,23). The Hall–Kier alpha value is -2.56. The Morgan fingerprint density at radius 2 is 1.80 bits per heavy atom. The molecule has 134 valence electrons. The second-order valence-electron chi connectivity index (χ2n) is 6.05. The van der Waals surface area contributed by atoms with E-state index in [0.717, 1.165) is 28.9 Å². The number of rotatable bonds is 7. The molecule has 1 aromatic heterocycles. The van der Waals surface area contributed by atoms with E-state index in [1.165, 1.54) is 5.56 Å². The van der Waals surface area contributed by atoms with Crippen LogP contribution in [0.15, 0.2) is 24.3 Å². The molecule has 1 amide bonds. The minimum Gasteiger partial charge on any atom is -0.461 e. The van der Waals surface area contributed by atoms with Crippen molar-refractivity contribution in [1.82, 2.24) is 4.98 Å². The number of esters is 1. The number of ether oxygens (including phenoxy) is 1. The van der Waals surface area contributed by atoms with Crippen LogP contribution in [0.3, 0.4) is 0 Å². The average molecular weight is 342 g/mol. The molecule has 0 aliphatic heterocycles. The predicted octanol–water partition coefficient (Wildman–Crippen LogP) is 3.94. The van der Waals surface area contributed by atoms with Gasteiger partial charge in [-0.2, -0.15) is 0 Å². The van der Waals surface area contributed by atoms with E-state index in [-0.39, 0.29) is 11.9 Å². The molecule has 0 saturated heterocycles. The summed E-state index contributed by atoms with van der Waals surface area (Å²) in [6.45, 7) is 8.00. The zero-order chi connectivity index (χ0) is 18.4. The van der Waals surface area contributed by atoms with Gasteiger partial charge in [0.05, 0.1) is 6.61 Å². The Kier molecular flexibility index (Phi) is 6.39. The second-order valence-corrected chi connectivity index (χ2v) is 6.05. The summed E-state index contributed by atoms with van der Waals surface area (Å²) in [6.07, 6.45) is 1.91. The van der Waals surface area contributed by atoms with Crippen molar-refractivity contribution >= 4 is 17.6 Å². The van der Waals surface area contributed by atoms with Crippen LogP contribution in [0.25, 0.3) is 0 Å². The van der Waals surface area contributed by atoms with Gasteiger partial charge >= 0.3 is 5.97 Å². The first-order valence-electron chi connectivity index (χ1n) is 8.70. The molecule has 1 heterocycles. The van der Waals surface area contributed by atoms with E-state index >= 15 is 0 Å². The molecule has 1 aromatic carbocycles. The molecule has 5 nitrogen and oxygen atoms in total. The summed E-state index contributed by atoms with van der Waals surface area (Å²) in [5, 5.41) is 2.91. The number of nitrogens with one attached hydrogen (secondary N) is 2. The molecular weight excluding hydrogens is 316 g/mol. The van der Waals surface area contributed by atoms with Crippen molar-refractivity contribution in [2.75, 3.05) is 11.9 Å². The van der Waals surface area contributed by atoms with Crippen LogP contribution in [0.4, 0.5) is 5.69 Å². The Morgan fingerprint density at radius 3 is 2.40 bits per heavy atom. The number of carbonyl (C=O) groups excluding carboxylic acids is 2. The largest absolute Gasteiger partial charge is 0.461 e. The Balaban J connectivity index is 1.98. The van der Waals surface area contributed by atoms with E-state index < -0.39 is 0 Å². The third-order valence-corrected chi connectivity index (χ3v) is 4.32. The van der Waals surface area contributed by atoms with E-state index in [1.54, 1.807) is 6.92 Å². The maximum Gasteiger partial charge on any atom is 0.355 e. The Labute approximate surface area is 148 Å². The van der Waals surface area contributed by atoms with E-state index in [0.29, 0.717) is 25.1 Å². The lowest BCUT2D eigenvalue weighted by Crippen LogP contribution is -2.12. The highest BCUT2D eigenvalue weighted by Gasteiger charge is 2.18. The van der Waals surface area contributed by atoms with Gasteiger partial charge in [-0.1, -0.05) is 19.1 Å². The molecule has 0 aliphatic rings. The molecule has 0 saturated carbocycles. The van der Waals surface area contributed by atoms with Crippen molar-refractivity contribution < 1.29 is 14.3 Å². The molecule has 0 unspecified atom stereocenters. The smallest absolute Gasteiger partial charge is 0.355 e. The van der Waals surface area contributed by atoms with Crippen molar-refractivity contribution in [2.24, 2.45) is 0 Å². The van der Waals surface area contributed by atoms with Gasteiger partial charge in [-0.25, -0.2) is 4.79 Å². The normalized spacial score (nSPS) is 10.6. The predicted molar refractivity (Wildman–Crippen MR) is 99.0 cm³/mol. The van der Waals surface area contributed by atoms with E-state index in [4.69, 9.17) is 4.74 Å². The van der Waals surface area contributed by atoms with Gasteiger partial charge in [0.15, 0.2) is 0 Å². The molecule has 0 aliphatic carbocycles. The lowest BCUT2D eigenvalue weighted by molar-refractivity contribution is -0.116. The molecule has 0 bridgehead atoms.